The molecule has 3 heterocycles. The van der Waals surface area contributed by atoms with Gasteiger partial charge in [0.1, 0.15) is 18.9 Å². The molecule has 2 aromatic carbocycles. The van der Waals surface area contributed by atoms with Crippen LogP contribution in [0.1, 0.15) is 26.3 Å². The summed E-state index contributed by atoms with van der Waals surface area (Å²) in [6.07, 6.45) is 0.736. The Morgan fingerprint density at radius 1 is 1.15 bits per heavy atom. The SMILES string of the molecule is CC.COc1cc(/C=C2\OC(F)(F)CN3C2=NO[C@H]3CO)ccc1N1C=C(C)N=CC1.Fc1cccc(F)c1F. The number of nitrogens with zero attached hydrogens (tertiary/aromatic N) is 4. The maximum atomic E-state index is 14.0. The zero-order valence-electron chi connectivity index (χ0n) is 22.2. The van der Waals surface area contributed by atoms with E-state index in [0.717, 1.165) is 29.6 Å². The van der Waals surface area contributed by atoms with Crippen molar-refractivity contribution in [3.63, 3.8) is 0 Å². The van der Waals surface area contributed by atoms with Crippen LogP contribution in [0.15, 0.2) is 64.2 Å². The Hall–Kier alpha value is -4.13. The molecule has 0 aliphatic carbocycles. The first kappa shape index (κ1) is 30.4. The number of aliphatic hydroxyl groups is 1. The third-order valence-electron chi connectivity index (χ3n) is 5.50. The number of benzene rings is 2. The monoisotopic (exact) mass is 568 g/mol. The van der Waals surface area contributed by atoms with Gasteiger partial charge in [-0.3, -0.25) is 4.99 Å². The maximum Gasteiger partial charge on any atom is 0.416 e. The van der Waals surface area contributed by atoms with Gasteiger partial charge in [-0.25, -0.2) is 13.2 Å². The molecule has 3 aliphatic heterocycles. The van der Waals surface area contributed by atoms with Crippen LogP contribution in [0.4, 0.5) is 27.6 Å². The van der Waals surface area contributed by atoms with Crippen molar-refractivity contribution < 1.29 is 41.4 Å². The highest BCUT2D eigenvalue weighted by atomic mass is 19.3. The molecule has 0 aromatic heterocycles. The van der Waals surface area contributed by atoms with Crippen molar-refractivity contribution in [2.24, 2.45) is 10.1 Å². The number of fused-ring (bicyclic) bond motifs is 1. The number of ether oxygens (including phenoxy) is 2. The van der Waals surface area contributed by atoms with Gasteiger partial charge in [0.2, 0.25) is 12.1 Å². The number of morpholine rings is 1. The third kappa shape index (κ3) is 7.08. The van der Waals surface area contributed by atoms with E-state index in [0.29, 0.717) is 17.9 Å². The Labute approximate surface area is 228 Å². The Kier molecular flexibility index (Phi) is 10.1. The van der Waals surface area contributed by atoms with Gasteiger partial charge in [-0.15, -0.1) is 0 Å². The molecule has 1 fully saturated rings. The summed E-state index contributed by atoms with van der Waals surface area (Å²) in [5.41, 5.74) is 2.26. The van der Waals surface area contributed by atoms with Crippen LogP contribution in [0.5, 0.6) is 5.75 Å². The maximum absolute atomic E-state index is 14.0. The van der Waals surface area contributed by atoms with Crippen LogP contribution in [0.3, 0.4) is 0 Å². The molecule has 3 aliphatic rings. The summed E-state index contributed by atoms with van der Waals surface area (Å²) in [4.78, 5) is 12.4. The van der Waals surface area contributed by atoms with E-state index in [2.05, 4.69) is 10.1 Å². The van der Waals surface area contributed by atoms with E-state index in [1.807, 2.05) is 37.9 Å². The highest BCUT2D eigenvalue weighted by molar-refractivity contribution is 6.01. The van der Waals surface area contributed by atoms with E-state index in [1.165, 1.54) is 18.1 Å². The van der Waals surface area contributed by atoms with E-state index in [1.54, 1.807) is 18.3 Å². The second kappa shape index (κ2) is 13.3. The van der Waals surface area contributed by atoms with Crippen molar-refractivity contribution in [2.75, 3.05) is 31.7 Å². The number of allylic oxidation sites excluding steroid dienone is 1. The van der Waals surface area contributed by atoms with Crippen LogP contribution in [0.25, 0.3) is 6.08 Å². The first-order valence-corrected chi connectivity index (χ1v) is 12.3. The van der Waals surface area contributed by atoms with Crippen molar-refractivity contribution in [3.8, 4) is 5.75 Å². The molecule has 5 rings (SSSR count). The lowest BCUT2D eigenvalue weighted by molar-refractivity contribution is -0.232. The number of alkyl halides is 2. The smallest absolute Gasteiger partial charge is 0.416 e. The number of hydrogen-bond acceptors (Lipinski definition) is 8. The standard InChI is InChI=1S/C19H20F2N4O4.C6H3F3.C2H6/c1-12-9-24(6-5-22-12)14-4-3-13(7-15(14)27-2)8-16-18-23-29-17(10-26)25(18)11-19(20,21)28-16;7-4-2-1-3-5(8)6(4)9;1-2/h3-5,7-9,17,26H,6,10-11H2,1-2H3;1-3H;1-2H3/b16-8-;;/t17-;;/m0../s1. The highest BCUT2D eigenvalue weighted by Gasteiger charge is 2.48. The number of oxime groups is 1. The van der Waals surface area contributed by atoms with Gasteiger partial charge in [0.25, 0.3) is 0 Å². The van der Waals surface area contributed by atoms with E-state index in [4.69, 9.17) is 14.3 Å². The van der Waals surface area contributed by atoms with Gasteiger partial charge < -0.3 is 29.2 Å². The number of halogens is 5. The molecule has 13 heteroatoms. The van der Waals surface area contributed by atoms with E-state index in [9.17, 15) is 27.1 Å². The summed E-state index contributed by atoms with van der Waals surface area (Å²) in [6.45, 7) is 5.27. The molecule has 8 nitrogen and oxygen atoms in total. The molecule has 40 heavy (non-hydrogen) atoms. The van der Waals surface area contributed by atoms with E-state index in [-0.39, 0.29) is 11.6 Å². The Balaban J connectivity index is 0.000000339. The van der Waals surface area contributed by atoms with E-state index >= 15 is 0 Å². The number of methoxy groups -OCH3 is 1. The zero-order valence-corrected chi connectivity index (χ0v) is 22.2. The quantitative estimate of drug-likeness (QED) is 0.388. The van der Waals surface area contributed by atoms with Gasteiger partial charge in [-0.1, -0.05) is 31.1 Å². The summed E-state index contributed by atoms with van der Waals surface area (Å²) in [5.74, 6) is -3.20. The van der Waals surface area contributed by atoms with Crippen molar-refractivity contribution in [1.29, 1.82) is 0 Å². The zero-order chi connectivity index (χ0) is 29.4. The van der Waals surface area contributed by atoms with Crippen LogP contribution >= 0.6 is 0 Å². The fraction of sp³-hybridized carbons (Fsp3) is 0.333. The normalized spacial score (nSPS) is 19.6. The molecule has 1 atom stereocenters. The fourth-order valence-corrected chi connectivity index (χ4v) is 3.79. The lowest BCUT2D eigenvalue weighted by Gasteiger charge is -2.34. The number of aliphatic hydroxyl groups excluding tert-OH is 1. The van der Waals surface area contributed by atoms with Crippen LogP contribution in [-0.4, -0.2) is 61.2 Å². The minimum Gasteiger partial charge on any atom is -0.495 e. The topological polar surface area (TPSA) is 79.1 Å². The molecule has 1 N–H and O–H groups in total. The number of amidine groups is 1. The second-order valence-corrected chi connectivity index (χ2v) is 8.23. The van der Waals surface area contributed by atoms with Crippen LogP contribution < -0.4 is 9.64 Å². The van der Waals surface area contributed by atoms with Crippen molar-refractivity contribution in [1.82, 2.24) is 4.90 Å². The summed E-state index contributed by atoms with van der Waals surface area (Å²) in [7, 11) is 1.54. The summed E-state index contributed by atoms with van der Waals surface area (Å²) < 4.78 is 74.3. The molecule has 0 bridgehead atoms. The fourth-order valence-electron chi connectivity index (χ4n) is 3.79. The van der Waals surface area contributed by atoms with Gasteiger partial charge in [-0.05, 0) is 42.8 Å². The van der Waals surface area contributed by atoms with Crippen molar-refractivity contribution in [2.45, 2.75) is 33.1 Å². The Morgan fingerprint density at radius 2 is 1.85 bits per heavy atom. The Bertz CT molecular complexity index is 1300. The Morgan fingerprint density at radius 3 is 2.45 bits per heavy atom. The minimum absolute atomic E-state index is 0.115. The summed E-state index contributed by atoms with van der Waals surface area (Å²) in [6, 6.07) is 8.14. The molecule has 0 radical (unpaired) electrons. The first-order valence-electron chi connectivity index (χ1n) is 12.3. The number of rotatable bonds is 4. The molecule has 2 aromatic rings. The predicted molar refractivity (Wildman–Crippen MR) is 140 cm³/mol. The first-order chi connectivity index (χ1) is 19.1. The molecular weight excluding hydrogens is 539 g/mol. The van der Waals surface area contributed by atoms with Gasteiger partial charge in [0.05, 0.1) is 25.0 Å². The molecule has 216 valence electrons. The minimum atomic E-state index is -3.44. The van der Waals surface area contributed by atoms with Gasteiger partial charge in [0.15, 0.2) is 23.2 Å². The van der Waals surface area contributed by atoms with Crippen LogP contribution in [0.2, 0.25) is 0 Å². The van der Waals surface area contributed by atoms with Crippen LogP contribution in [0, 0.1) is 17.5 Å². The molecule has 0 spiro atoms. The van der Waals surface area contributed by atoms with Gasteiger partial charge in [-0.2, -0.15) is 8.78 Å². The third-order valence-corrected chi connectivity index (χ3v) is 5.50. The average molecular weight is 569 g/mol. The molecular formula is C27H29F5N4O4. The van der Waals surface area contributed by atoms with Gasteiger partial charge >= 0.3 is 6.11 Å². The van der Waals surface area contributed by atoms with Gasteiger partial charge in [0, 0.05) is 12.4 Å². The highest BCUT2D eigenvalue weighted by Crippen LogP contribution is 2.35. The number of anilines is 1. The molecule has 0 unspecified atom stereocenters. The molecule has 0 saturated carbocycles. The average Bonchev–Trinajstić information content (AvgIpc) is 3.35. The van der Waals surface area contributed by atoms with E-state index < -0.39 is 42.9 Å². The lowest BCUT2D eigenvalue weighted by atomic mass is 10.1. The molecule has 1 saturated heterocycles. The van der Waals surface area contributed by atoms with Crippen molar-refractivity contribution in [3.05, 3.63) is 77.1 Å². The summed E-state index contributed by atoms with van der Waals surface area (Å²) in [5, 5.41) is 13.1. The lowest BCUT2D eigenvalue weighted by Crippen LogP contribution is -2.51. The van der Waals surface area contributed by atoms with Crippen LogP contribution in [-0.2, 0) is 9.57 Å². The largest absolute Gasteiger partial charge is 0.495 e. The molecule has 0 amide bonds. The predicted octanol–water partition coefficient (Wildman–Crippen LogP) is 5.51. The second-order valence-electron chi connectivity index (χ2n) is 8.23. The number of hydrogen-bond donors (Lipinski definition) is 1. The van der Waals surface area contributed by atoms with Crippen molar-refractivity contribution >= 4 is 23.8 Å². The number of aliphatic imine (C=N–C) groups is 1. The summed E-state index contributed by atoms with van der Waals surface area (Å²) >= 11 is 0.